The minimum atomic E-state index is -4.83. The quantitative estimate of drug-likeness (QED) is 0.270. The topological polar surface area (TPSA) is 0 Å². The van der Waals surface area contributed by atoms with Crippen LogP contribution in [0.4, 0.5) is 22.0 Å². The molecule has 0 heterocycles. The lowest BCUT2D eigenvalue weighted by Gasteiger charge is -2.28. The Morgan fingerprint density at radius 1 is 0.576 bits per heavy atom. The van der Waals surface area contributed by atoms with Crippen LogP contribution in [-0.2, 0) is 12.3 Å². The summed E-state index contributed by atoms with van der Waals surface area (Å²) in [6.45, 7) is 0. The van der Waals surface area contributed by atoms with Crippen molar-refractivity contribution in [2.24, 2.45) is 0 Å². The summed E-state index contributed by atoms with van der Waals surface area (Å²) < 4.78 is 69.3. The van der Waals surface area contributed by atoms with Crippen LogP contribution < -0.4 is 32.9 Å². The molecule has 0 atom stereocenters. The maximum absolute atomic E-state index is 15.0. The van der Waals surface area contributed by atoms with Gasteiger partial charge >= 0.3 is 6.18 Å². The molecule has 0 radical (unpaired) electrons. The average molecular weight is 537 g/mol. The zero-order chi connectivity index (χ0) is 22.8. The second-order valence-corrected chi connectivity index (χ2v) is 10.9. The van der Waals surface area contributed by atoms with Gasteiger partial charge in [0.15, 0.2) is 0 Å². The summed E-state index contributed by atoms with van der Waals surface area (Å²) >= 11 is 0. The lowest BCUT2D eigenvalue weighted by Crippen LogP contribution is -3.00. The third-order valence-corrected chi connectivity index (χ3v) is 9.78. The maximum Gasteiger partial charge on any atom is 0.416 e. The van der Waals surface area contributed by atoms with Crippen molar-refractivity contribution in [3.05, 3.63) is 126 Å². The molecule has 0 bridgehead atoms. The molecule has 0 saturated carbocycles. The highest BCUT2D eigenvalue weighted by Gasteiger charge is 2.47. The fourth-order valence-corrected chi connectivity index (χ4v) is 8.19. The van der Waals surface area contributed by atoms with E-state index in [9.17, 15) is 22.0 Å². The second-order valence-electron chi connectivity index (χ2n) is 7.39. The first-order chi connectivity index (χ1) is 15.3. The smallest absolute Gasteiger partial charge is 0.416 e. The van der Waals surface area contributed by atoms with Gasteiger partial charge in [-0.15, -0.1) is 0 Å². The normalized spacial score (nSPS) is 11.7. The molecule has 7 heteroatoms. The van der Waals surface area contributed by atoms with Crippen LogP contribution in [0, 0.1) is 11.6 Å². The molecule has 4 rings (SSSR count). The van der Waals surface area contributed by atoms with Gasteiger partial charge in [0.2, 0.25) is 0 Å². The van der Waals surface area contributed by atoms with Gasteiger partial charge in [-0.1, -0.05) is 54.6 Å². The fraction of sp³-hybridized carbons (Fsp3) is 0.0769. The molecule has 0 aromatic heterocycles. The van der Waals surface area contributed by atoms with Gasteiger partial charge in [-0.2, -0.15) is 13.2 Å². The zero-order valence-electron chi connectivity index (χ0n) is 17.2. The highest BCUT2D eigenvalue weighted by atomic mass is 79.9. The van der Waals surface area contributed by atoms with Crippen molar-refractivity contribution in [1.82, 2.24) is 0 Å². The molecule has 0 fully saturated rings. The van der Waals surface area contributed by atoms with Gasteiger partial charge in [-0.3, -0.25) is 0 Å². The number of halogens is 6. The maximum atomic E-state index is 15.0. The molecule has 0 aliphatic heterocycles. The van der Waals surface area contributed by atoms with E-state index in [1.807, 2.05) is 91.0 Å². The molecule has 0 saturated heterocycles. The van der Waals surface area contributed by atoms with E-state index >= 15 is 0 Å². The summed E-state index contributed by atoms with van der Waals surface area (Å²) in [5, 5.41) is 2.66. The molecule has 0 N–H and O–H groups in total. The predicted octanol–water partition coefficient (Wildman–Crippen LogP) is 3.48. The van der Waals surface area contributed by atoms with Crippen LogP contribution in [0.1, 0.15) is 11.1 Å². The molecule has 33 heavy (non-hydrogen) atoms. The van der Waals surface area contributed by atoms with Crippen molar-refractivity contribution < 1.29 is 38.9 Å². The first-order valence-corrected chi connectivity index (χ1v) is 11.9. The largest absolute Gasteiger partial charge is 1.00 e. The summed E-state index contributed by atoms with van der Waals surface area (Å²) in [6.07, 6.45) is -4.91. The summed E-state index contributed by atoms with van der Waals surface area (Å²) in [7, 11) is -2.65. The van der Waals surface area contributed by atoms with Crippen LogP contribution >= 0.6 is 7.26 Å². The third-order valence-electron chi connectivity index (χ3n) is 5.45. The third kappa shape index (κ3) is 5.02. The van der Waals surface area contributed by atoms with E-state index in [0.29, 0.717) is 12.1 Å². The van der Waals surface area contributed by atoms with Crippen LogP contribution in [0.3, 0.4) is 0 Å². The summed E-state index contributed by atoms with van der Waals surface area (Å²) in [5.74, 6) is -2.38. The lowest BCUT2D eigenvalue weighted by atomic mass is 10.1. The van der Waals surface area contributed by atoms with Gasteiger partial charge in [0.1, 0.15) is 41.0 Å². The van der Waals surface area contributed by atoms with E-state index in [1.54, 1.807) is 0 Å². The Morgan fingerprint density at radius 3 is 1.21 bits per heavy atom. The van der Waals surface area contributed by atoms with E-state index in [4.69, 9.17) is 0 Å². The number of hydrogen-bond donors (Lipinski definition) is 0. The predicted molar refractivity (Wildman–Crippen MR) is 120 cm³/mol. The van der Waals surface area contributed by atoms with Crippen LogP contribution in [0.15, 0.2) is 103 Å². The molecular formula is C26H19BrF5P. The number of hydrogen-bond acceptors (Lipinski definition) is 0. The number of alkyl halides is 3. The van der Waals surface area contributed by atoms with Gasteiger partial charge in [-0.05, 0) is 48.5 Å². The standard InChI is InChI=1S/C26H19F5P.BrH/c27-24-16-19(26(29,30)31)17-25(28)23(24)18-32(20-10-4-1-5-11-20,21-12-6-2-7-13-21)22-14-8-3-9-15-22;/h1-17H,18H2;1H/q+1;/p-1. The first-order valence-electron chi connectivity index (χ1n) is 9.92. The molecule has 4 aromatic carbocycles. The molecule has 0 aliphatic carbocycles. The van der Waals surface area contributed by atoms with E-state index in [1.165, 1.54) is 0 Å². The minimum Gasteiger partial charge on any atom is -1.00 e. The molecule has 0 aliphatic rings. The van der Waals surface area contributed by atoms with E-state index in [-0.39, 0.29) is 28.7 Å². The Morgan fingerprint density at radius 2 is 0.909 bits per heavy atom. The van der Waals surface area contributed by atoms with Crippen molar-refractivity contribution in [1.29, 1.82) is 0 Å². The Bertz CT molecular complexity index is 1080. The van der Waals surface area contributed by atoms with Gasteiger partial charge < -0.3 is 17.0 Å². The number of benzene rings is 4. The monoisotopic (exact) mass is 536 g/mol. The molecule has 170 valence electrons. The van der Waals surface area contributed by atoms with Crippen LogP contribution in [0.5, 0.6) is 0 Å². The van der Waals surface area contributed by atoms with Crippen molar-refractivity contribution in [2.45, 2.75) is 12.3 Å². The summed E-state index contributed by atoms with van der Waals surface area (Å²) in [5.41, 5.74) is -1.68. The Hall–Kier alpha value is -2.56. The van der Waals surface area contributed by atoms with E-state index < -0.39 is 30.6 Å². The molecule has 0 spiro atoms. The van der Waals surface area contributed by atoms with E-state index in [0.717, 1.165) is 15.9 Å². The van der Waals surface area contributed by atoms with Gasteiger partial charge in [-0.25, -0.2) is 8.78 Å². The number of rotatable bonds is 5. The first kappa shape index (κ1) is 25.1. The van der Waals surface area contributed by atoms with E-state index in [2.05, 4.69) is 0 Å². The fourth-order valence-electron chi connectivity index (χ4n) is 3.92. The van der Waals surface area contributed by atoms with Crippen LogP contribution in [0.2, 0.25) is 0 Å². The average Bonchev–Trinajstić information content (AvgIpc) is 2.80. The molecule has 4 aromatic rings. The minimum absolute atomic E-state index is 0. The Labute approximate surface area is 200 Å². The van der Waals surface area contributed by atoms with Crippen molar-refractivity contribution in [3.63, 3.8) is 0 Å². The summed E-state index contributed by atoms with van der Waals surface area (Å²) in [4.78, 5) is 0. The molecule has 0 amide bonds. The zero-order valence-corrected chi connectivity index (χ0v) is 19.7. The highest BCUT2D eigenvalue weighted by molar-refractivity contribution is 7.95. The molecule has 0 unspecified atom stereocenters. The van der Waals surface area contributed by atoms with Crippen molar-refractivity contribution in [2.75, 3.05) is 0 Å². The highest BCUT2D eigenvalue weighted by Crippen LogP contribution is 2.58. The van der Waals surface area contributed by atoms with Gasteiger partial charge in [0, 0.05) is 0 Å². The molecular weight excluding hydrogens is 518 g/mol. The van der Waals surface area contributed by atoms with Crippen molar-refractivity contribution >= 4 is 23.2 Å². The SMILES string of the molecule is Fc1cc(C(F)(F)F)cc(F)c1C[P+](c1ccccc1)(c1ccccc1)c1ccccc1.[Br-]. The van der Waals surface area contributed by atoms with Crippen molar-refractivity contribution in [3.8, 4) is 0 Å². The van der Waals surface area contributed by atoms with Gasteiger partial charge in [0.25, 0.3) is 0 Å². The van der Waals surface area contributed by atoms with Gasteiger partial charge in [0.05, 0.1) is 11.1 Å². The summed E-state index contributed by atoms with van der Waals surface area (Å²) in [6, 6.07) is 28.9. The second kappa shape index (κ2) is 10.1. The van der Waals surface area contributed by atoms with Crippen LogP contribution in [-0.4, -0.2) is 0 Å². The Balaban J connectivity index is 0.00000306. The molecule has 0 nitrogen and oxygen atoms in total. The van der Waals surface area contributed by atoms with Crippen LogP contribution in [0.25, 0.3) is 0 Å². The lowest BCUT2D eigenvalue weighted by molar-refractivity contribution is -0.138. The Kier molecular flexibility index (Phi) is 7.71.